The Morgan fingerprint density at radius 1 is 1.25 bits per heavy atom. The van der Waals surface area contributed by atoms with Gasteiger partial charge in [0.25, 0.3) is 0 Å². The molecule has 0 aliphatic heterocycles. The molecule has 0 bridgehead atoms. The molecule has 0 unspecified atom stereocenters. The highest BCUT2D eigenvalue weighted by Gasteiger charge is 2.19. The van der Waals surface area contributed by atoms with Crippen molar-refractivity contribution in [2.45, 2.75) is 33.6 Å². The summed E-state index contributed by atoms with van der Waals surface area (Å²) in [7, 11) is -4.47. The van der Waals surface area contributed by atoms with E-state index in [2.05, 4.69) is 4.52 Å². The van der Waals surface area contributed by atoms with Crippen LogP contribution in [0.4, 0.5) is 0 Å². The molecule has 5 heteroatoms. The minimum atomic E-state index is -4.47. The highest BCUT2D eigenvalue weighted by molar-refractivity contribution is 7.46. The van der Waals surface area contributed by atoms with E-state index in [0.29, 0.717) is 6.42 Å². The molecule has 16 heavy (non-hydrogen) atoms. The minimum absolute atomic E-state index is 0.283. The quantitative estimate of drug-likeness (QED) is 0.799. The molecule has 0 fully saturated rings. The van der Waals surface area contributed by atoms with Crippen LogP contribution in [-0.2, 0) is 17.4 Å². The molecule has 0 saturated carbocycles. The molecule has 2 N–H and O–H groups in total. The molecule has 0 atom stereocenters. The van der Waals surface area contributed by atoms with E-state index in [9.17, 15) is 4.57 Å². The van der Waals surface area contributed by atoms with Gasteiger partial charge in [-0.2, -0.15) is 0 Å². The molecule has 1 aromatic carbocycles. The fourth-order valence-corrected chi connectivity index (χ4v) is 2.24. The summed E-state index contributed by atoms with van der Waals surface area (Å²) in [5, 5.41) is 0. The Morgan fingerprint density at radius 2 is 1.88 bits per heavy atom. The van der Waals surface area contributed by atoms with Crippen LogP contribution < -0.4 is 4.52 Å². The molecular weight excluding hydrogens is 227 g/mol. The summed E-state index contributed by atoms with van der Waals surface area (Å²) < 4.78 is 15.5. The lowest BCUT2D eigenvalue weighted by molar-refractivity contribution is 0.282. The summed E-state index contributed by atoms with van der Waals surface area (Å²) in [6.07, 6.45) is 1.59. The molecule has 0 radical (unpaired) electrons. The summed E-state index contributed by atoms with van der Waals surface area (Å²) in [5.41, 5.74) is 3.09. The van der Waals surface area contributed by atoms with Crippen LogP contribution in [0.5, 0.6) is 5.75 Å². The average molecular weight is 244 g/mol. The van der Waals surface area contributed by atoms with Crippen LogP contribution in [0.3, 0.4) is 0 Å². The number of benzene rings is 1. The van der Waals surface area contributed by atoms with E-state index < -0.39 is 7.82 Å². The van der Waals surface area contributed by atoms with E-state index in [1.807, 2.05) is 26.8 Å². The van der Waals surface area contributed by atoms with Crippen molar-refractivity contribution >= 4 is 7.82 Å². The Hall–Kier alpha value is -0.830. The van der Waals surface area contributed by atoms with Gasteiger partial charge in [0, 0.05) is 0 Å². The molecule has 0 amide bonds. The van der Waals surface area contributed by atoms with Crippen molar-refractivity contribution in [3.05, 3.63) is 28.8 Å². The molecule has 1 aromatic rings. The van der Waals surface area contributed by atoms with Crippen molar-refractivity contribution in [3.63, 3.8) is 0 Å². The first-order valence-corrected chi connectivity index (χ1v) is 6.78. The molecule has 0 aliphatic rings. The van der Waals surface area contributed by atoms with Crippen molar-refractivity contribution in [2.75, 3.05) is 0 Å². The van der Waals surface area contributed by atoms with Gasteiger partial charge in [-0.25, -0.2) is 4.57 Å². The first-order chi connectivity index (χ1) is 7.39. The van der Waals surface area contributed by atoms with E-state index >= 15 is 0 Å². The molecule has 0 heterocycles. The predicted molar refractivity (Wildman–Crippen MR) is 62.6 cm³/mol. The van der Waals surface area contributed by atoms with Crippen molar-refractivity contribution in [3.8, 4) is 5.75 Å². The number of hydrogen-bond donors (Lipinski definition) is 2. The van der Waals surface area contributed by atoms with E-state index in [1.165, 1.54) is 5.56 Å². The SMILES string of the molecule is CCc1ccc(OP(=O)(O)O)c(CC)c1C. The second-order valence-electron chi connectivity index (χ2n) is 3.62. The fraction of sp³-hybridized carbons (Fsp3) is 0.455. The van der Waals surface area contributed by atoms with Crippen LogP contribution in [0.25, 0.3) is 0 Å². The van der Waals surface area contributed by atoms with Gasteiger partial charge in [0.05, 0.1) is 0 Å². The largest absolute Gasteiger partial charge is 0.524 e. The summed E-state index contributed by atoms with van der Waals surface area (Å²) >= 11 is 0. The first-order valence-electron chi connectivity index (χ1n) is 5.25. The maximum atomic E-state index is 10.8. The lowest BCUT2D eigenvalue weighted by Crippen LogP contribution is -1.99. The van der Waals surface area contributed by atoms with Crippen molar-refractivity contribution in [2.24, 2.45) is 0 Å². The van der Waals surface area contributed by atoms with Gasteiger partial charge in [0.1, 0.15) is 5.75 Å². The van der Waals surface area contributed by atoms with Crippen molar-refractivity contribution in [1.29, 1.82) is 0 Å². The summed E-state index contributed by atoms with van der Waals surface area (Å²) in [4.78, 5) is 17.6. The molecule has 4 nitrogen and oxygen atoms in total. The van der Waals surface area contributed by atoms with Crippen LogP contribution in [0.15, 0.2) is 12.1 Å². The predicted octanol–water partition coefficient (Wildman–Crippen LogP) is 2.59. The maximum absolute atomic E-state index is 10.8. The van der Waals surface area contributed by atoms with Crippen LogP contribution >= 0.6 is 7.82 Å². The second kappa shape index (κ2) is 5.00. The number of hydrogen-bond acceptors (Lipinski definition) is 2. The lowest BCUT2D eigenvalue weighted by Gasteiger charge is -2.15. The van der Waals surface area contributed by atoms with Crippen LogP contribution in [0.2, 0.25) is 0 Å². The van der Waals surface area contributed by atoms with Gasteiger partial charge in [-0.05, 0) is 42.5 Å². The Morgan fingerprint density at radius 3 is 2.31 bits per heavy atom. The van der Waals surface area contributed by atoms with Crippen LogP contribution in [0, 0.1) is 6.92 Å². The van der Waals surface area contributed by atoms with E-state index in [-0.39, 0.29) is 5.75 Å². The summed E-state index contributed by atoms with van der Waals surface area (Å²) in [5.74, 6) is 0.283. The fourth-order valence-electron chi connectivity index (χ4n) is 1.82. The third-order valence-electron chi connectivity index (χ3n) is 2.62. The zero-order chi connectivity index (χ0) is 12.3. The molecule has 1 rings (SSSR count). The van der Waals surface area contributed by atoms with Gasteiger partial charge in [0.15, 0.2) is 0 Å². The number of phosphoric ester groups is 1. The highest BCUT2D eigenvalue weighted by Crippen LogP contribution is 2.40. The number of phosphoric acid groups is 1. The maximum Gasteiger partial charge on any atom is 0.524 e. The Labute approximate surface area is 95.5 Å². The topological polar surface area (TPSA) is 66.8 Å². The third-order valence-corrected chi connectivity index (χ3v) is 3.05. The highest BCUT2D eigenvalue weighted by atomic mass is 31.2. The molecule has 0 saturated heterocycles. The Balaban J connectivity index is 3.21. The molecule has 0 spiro atoms. The van der Waals surface area contributed by atoms with E-state index in [0.717, 1.165) is 17.5 Å². The Bertz CT molecular complexity index is 422. The smallest absolute Gasteiger partial charge is 0.404 e. The summed E-state index contributed by atoms with van der Waals surface area (Å²) in [6.45, 7) is 5.93. The Kier molecular flexibility index (Phi) is 4.14. The molecule has 0 aromatic heterocycles. The first kappa shape index (κ1) is 13.2. The lowest BCUT2D eigenvalue weighted by atomic mass is 9.98. The molecule has 90 valence electrons. The third kappa shape index (κ3) is 3.08. The zero-order valence-electron chi connectivity index (χ0n) is 9.73. The van der Waals surface area contributed by atoms with E-state index in [1.54, 1.807) is 6.07 Å². The van der Waals surface area contributed by atoms with E-state index in [4.69, 9.17) is 9.79 Å². The van der Waals surface area contributed by atoms with Gasteiger partial charge in [-0.15, -0.1) is 0 Å². The normalized spacial score (nSPS) is 11.6. The van der Waals surface area contributed by atoms with Gasteiger partial charge in [0.2, 0.25) is 0 Å². The van der Waals surface area contributed by atoms with Crippen molar-refractivity contribution < 1.29 is 18.9 Å². The number of aryl methyl sites for hydroxylation is 1. The zero-order valence-corrected chi connectivity index (χ0v) is 10.6. The minimum Gasteiger partial charge on any atom is -0.404 e. The summed E-state index contributed by atoms with van der Waals surface area (Å²) in [6, 6.07) is 3.48. The van der Waals surface area contributed by atoms with Crippen molar-refractivity contribution in [1.82, 2.24) is 0 Å². The van der Waals surface area contributed by atoms with Gasteiger partial charge >= 0.3 is 7.82 Å². The monoisotopic (exact) mass is 244 g/mol. The molecular formula is C11H17O4P. The standard InChI is InChI=1S/C11H17O4P/c1-4-9-6-7-11(15-16(12,13)14)10(5-2)8(9)3/h6-7H,4-5H2,1-3H3,(H2,12,13,14). The average Bonchev–Trinajstić information content (AvgIpc) is 2.16. The number of rotatable bonds is 4. The van der Waals surface area contributed by atoms with Gasteiger partial charge in [-0.1, -0.05) is 19.9 Å². The van der Waals surface area contributed by atoms with Crippen LogP contribution in [-0.4, -0.2) is 9.79 Å². The second-order valence-corrected chi connectivity index (χ2v) is 4.78. The van der Waals surface area contributed by atoms with Gasteiger partial charge in [-0.3, -0.25) is 9.79 Å². The van der Waals surface area contributed by atoms with Gasteiger partial charge < -0.3 is 4.52 Å². The van der Waals surface area contributed by atoms with Crippen LogP contribution in [0.1, 0.15) is 30.5 Å². The molecule has 0 aliphatic carbocycles.